The molecule has 3 heteroatoms. The summed E-state index contributed by atoms with van der Waals surface area (Å²) >= 11 is 0. The van der Waals surface area contributed by atoms with Crippen molar-refractivity contribution in [1.82, 2.24) is 10.1 Å². The van der Waals surface area contributed by atoms with Gasteiger partial charge < -0.3 is 4.52 Å². The molecule has 3 nitrogen and oxygen atoms in total. The zero-order chi connectivity index (χ0) is 11.3. The summed E-state index contributed by atoms with van der Waals surface area (Å²) in [7, 11) is 0. The summed E-state index contributed by atoms with van der Waals surface area (Å²) in [5.41, 5.74) is 2.15. The molecule has 1 aromatic heterocycles. The summed E-state index contributed by atoms with van der Waals surface area (Å²) in [6, 6.07) is 7.95. The van der Waals surface area contributed by atoms with Crippen molar-refractivity contribution in [2.45, 2.75) is 27.7 Å². The van der Waals surface area contributed by atoms with Crippen molar-refractivity contribution < 1.29 is 4.52 Å². The van der Waals surface area contributed by atoms with Gasteiger partial charge in [0.05, 0.1) is 0 Å². The van der Waals surface area contributed by atoms with Crippen molar-refractivity contribution in [3.63, 3.8) is 0 Å². The van der Waals surface area contributed by atoms with Crippen molar-refractivity contribution in [3.05, 3.63) is 35.7 Å². The summed E-state index contributed by atoms with van der Waals surface area (Å²) in [5, 5.41) is 3.75. The van der Waals surface area contributed by atoms with Crippen LogP contribution in [0.5, 0.6) is 0 Å². The number of aromatic nitrogens is 2. The second kappa shape index (κ2) is 5.29. The predicted molar refractivity (Wildman–Crippen MR) is 60.6 cm³/mol. The molecule has 1 aromatic carbocycles. The first-order chi connectivity index (χ1) is 7.27. The van der Waals surface area contributed by atoms with Crippen LogP contribution < -0.4 is 0 Å². The first-order valence-corrected chi connectivity index (χ1v) is 5.13. The molecular formula is C12H16N2O. The average Bonchev–Trinajstić information content (AvgIpc) is 2.68. The van der Waals surface area contributed by atoms with Crippen LogP contribution in [0.3, 0.4) is 0 Å². The van der Waals surface area contributed by atoms with Gasteiger partial charge in [-0.1, -0.05) is 37.2 Å². The van der Waals surface area contributed by atoms with Gasteiger partial charge in [0.2, 0.25) is 0 Å². The molecule has 0 fully saturated rings. The second-order valence-electron chi connectivity index (χ2n) is 2.96. The zero-order valence-corrected chi connectivity index (χ0v) is 9.61. The van der Waals surface area contributed by atoms with Crippen LogP contribution in [0.4, 0.5) is 0 Å². The maximum absolute atomic E-state index is 5.07. The molecule has 0 unspecified atom stereocenters. The molecule has 1 heterocycles. The number of hydrogen-bond donors (Lipinski definition) is 0. The summed E-state index contributed by atoms with van der Waals surface area (Å²) < 4.78 is 5.07. The van der Waals surface area contributed by atoms with Crippen molar-refractivity contribution in [1.29, 1.82) is 0 Å². The molecule has 80 valence electrons. The Kier molecular flexibility index (Phi) is 4.03. The molecule has 0 aliphatic carbocycles. The van der Waals surface area contributed by atoms with Gasteiger partial charge in [-0.05, 0) is 25.5 Å². The van der Waals surface area contributed by atoms with Gasteiger partial charge in [0, 0.05) is 5.56 Å². The molecule has 0 amide bonds. The normalized spacial score (nSPS) is 9.33. The maximum Gasteiger partial charge on any atom is 0.258 e. The average molecular weight is 204 g/mol. The lowest BCUT2D eigenvalue weighted by Crippen LogP contribution is -1.82. The molecule has 0 spiro atoms. The van der Waals surface area contributed by atoms with E-state index in [1.807, 2.05) is 52.0 Å². The summed E-state index contributed by atoms with van der Waals surface area (Å²) in [4.78, 5) is 4.16. The van der Waals surface area contributed by atoms with Gasteiger partial charge in [-0.3, -0.25) is 0 Å². The largest absolute Gasteiger partial charge is 0.334 e. The number of rotatable bonds is 1. The van der Waals surface area contributed by atoms with Gasteiger partial charge in [0.25, 0.3) is 5.89 Å². The molecule has 2 rings (SSSR count). The highest BCUT2D eigenvalue weighted by molar-refractivity contribution is 5.57. The zero-order valence-electron chi connectivity index (χ0n) is 9.61. The molecule has 0 atom stereocenters. The standard InChI is InChI=1S/C10H10N2O.C2H6/c1-7-5-3-4-6-9(7)10-11-8(2)12-13-10;1-2/h3-6H,1-2H3;1-2H3. The van der Waals surface area contributed by atoms with Crippen LogP contribution in [0.15, 0.2) is 28.8 Å². The minimum atomic E-state index is 0.593. The van der Waals surface area contributed by atoms with E-state index in [2.05, 4.69) is 10.1 Å². The van der Waals surface area contributed by atoms with E-state index >= 15 is 0 Å². The van der Waals surface area contributed by atoms with E-state index in [4.69, 9.17) is 4.52 Å². The van der Waals surface area contributed by atoms with Gasteiger partial charge in [-0.2, -0.15) is 4.98 Å². The first-order valence-electron chi connectivity index (χ1n) is 5.13. The topological polar surface area (TPSA) is 38.9 Å². The Hall–Kier alpha value is -1.64. The third-order valence-corrected chi connectivity index (χ3v) is 1.90. The molecule has 0 bridgehead atoms. The van der Waals surface area contributed by atoms with E-state index in [0.29, 0.717) is 11.7 Å². The molecule has 0 saturated carbocycles. The van der Waals surface area contributed by atoms with Gasteiger partial charge in [0.1, 0.15) is 0 Å². The van der Waals surface area contributed by atoms with Crippen molar-refractivity contribution >= 4 is 0 Å². The molecule has 0 aliphatic rings. The maximum atomic E-state index is 5.07. The van der Waals surface area contributed by atoms with Crippen molar-refractivity contribution in [3.8, 4) is 11.5 Å². The fourth-order valence-corrected chi connectivity index (χ4v) is 1.22. The van der Waals surface area contributed by atoms with E-state index in [-0.39, 0.29) is 0 Å². The van der Waals surface area contributed by atoms with Gasteiger partial charge in [-0.15, -0.1) is 0 Å². The monoisotopic (exact) mass is 204 g/mol. The Labute approximate surface area is 90.1 Å². The third-order valence-electron chi connectivity index (χ3n) is 1.90. The third kappa shape index (κ3) is 2.65. The number of aryl methyl sites for hydroxylation is 2. The van der Waals surface area contributed by atoms with E-state index in [1.54, 1.807) is 0 Å². The fourth-order valence-electron chi connectivity index (χ4n) is 1.22. The summed E-state index contributed by atoms with van der Waals surface area (Å²) in [6.07, 6.45) is 0. The van der Waals surface area contributed by atoms with E-state index in [9.17, 15) is 0 Å². The summed E-state index contributed by atoms with van der Waals surface area (Å²) in [5.74, 6) is 1.26. The second-order valence-corrected chi connectivity index (χ2v) is 2.96. The molecule has 0 N–H and O–H groups in total. The molecule has 2 aromatic rings. The van der Waals surface area contributed by atoms with Crippen molar-refractivity contribution in [2.75, 3.05) is 0 Å². The van der Waals surface area contributed by atoms with E-state index < -0.39 is 0 Å². The predicted octanol–water partition coefficient (Wildman–Crippen LogP) is 3.38. The SMILES string of the molecule is CC.Cc1noc(-c2ccccc2C)n1. The van der Waals surface area contributed by atoms with Crippen LogP contribution in [0.25, 0.3) is 11.5 Å². The van der Waals surface area contributed by atoms with Crippen LogP contribution in [0.2, 0.25) is 0 Å². The molecule has 0 aliphatic heterocycles. The van der Waals surface area contributed by atoms with Gasteiger partial charge in [0.15, 0.2) is 5.82 Å². The van der Waals surface area contributed by atoms with E-state index in [1.165, 1.54) is 0 Å². The fraction of sp³-hybridized carbons (Fsp3) is 0.333. The van der Waals surface area contributed by atoms with E-state index in [0.717, 1.165) is 11.1 Å². The Morgan fingerprint density at radius 3 is 2.27 bits per heavy atom. The van der Waals surface area contributed by atoms with Crippen LogP contribution >= 0.6 is 0 Å². The van der Waals surface area contributed by atoms with Crippen LogP contribution in [-0.2, 0) is 0 Å². The number of nitrogens with zero attached hydrogens (tertiary/aromatic N) is 2. The minimum absolute atomic E-state index is 0.593. The molecule has 0 saturated heterocycles. The van der Waals surface area contributed by atoms with Gasteiger partial charge >= 0.3 is 0 Å². The first kappa shape index (κ1) is 11.4. The highest BCUT2D eigenvalue weighted by Crippen LogP contribution is 2.20. The lowest BCUT2D eigenvalue weighted by atomic mass is 10.1. The lowest BCUT2D eigenvalue weighted by molar-refractivity contribution is 0.425. The Morgan fingerprint density at radius 2 is 1.73 bits per heavy atom. The highest BCUT2D eigenvalue weighted by Gasteiger charge is 2.07. The number of benzene rings is 1. The van der Waals surface area contributed by atoms with Crippen LogP contribution in [0, 0.1) is 13.8 Å². The lowest BCUT2D eigenvalue weighted by Gasteiger charge is -1.97. The Bertz CT molecular complexity index is 421. The molecular weight excluding hydrogens is 188 g/mol. The quantitative estimate of drug-likeness (QED) is 0.714. The van der Waals surface area contributed by atoms with Crippen LogP contribution in [0.1, 0.15) is 25.2 Å². The summed E-state index contributed by atoms with van der Waals surface area (Å²) in [6.45, 7) is 7.83. The highest BCUT2D eigenvalue weighted by atomic mass is 16.5. The van der Waals surface area contributed by atoms with Gasteiger partial charge in [-0.25, -0.2) is 0 Å². The number of hydrogen-bond acceptors (Lipinski definition) is 3. The minimum Gasteiger partial charge on any atom is -0.334 e. The van der Waals surface area contributed by atoms with Crippen LogP contribution in [-0.4, -0.2) is 10.1 Å². The molecule has 0 radical (unpaired) electrons. The van der Waals surface area contributed by atoms with Crippen molar-refractivity contribution in [2.24, 2.45) is 0 Å². The molecule has 15 heavy (non-hydrogen) atoms. The smallest absolute Gasteiger partial charge is 0.258 e. The Balaban J connectivity index is 0.000000531. The Morgan fingerprint density at radius 1 is 1.07 bits per heavy atom.